The van der Waals surface area contributed by atoms with E-state index in [0.29, 0.717) is 15.9 Å². The molecule has 0 N–H and O–H groups in total. The van der Waals surface area contributed by atoms with Gasteiger partial charge in [-0.15, -0.1) is 0 Å². The molecule has 0 radical (unpaired) electrons. The SMILES string of the molecule is Cc1cccc(O[C@H](C)C(=O)N(C2=N[C@H](C)CS2)c2ccc(Cl)cc2)c1. The molecule has 0 bridgehead atoms. The Morgan fingerprint density at radius 3 is 2.65 bits per heavy atom. The van der Waals surface area contributed by atoms with Gasteiger partial charge in [0.2, 0.25) is 0 Å². The summed E-state index contributed by atoms with van der Waals surface area (Å²) in [6.07, 6.45) is -0.647. The Morgan fingerprint density at radius 2 is 2.04 bits per heavy atom. The van der Waals surface area contributed by atoms with Gasteiger partial charge in [-0.1, -0.05) is 35.5 Å². The predicted molar refractivity (Wildman–Crippen MR) is 110 cm³/mol. The average molecular weight is 389 g/mol. The highest BCUT2D eigenvalue weighted by Gasteiger charge is 2.30. The zero-order chi connectivity index (χ0) is 18.7. The third-order valence-corrected chi connectivity index (χ3v) is 5.38. The smallest absolute Gasteiger partial charge is 0.273 e. The molecule has 0 fully saturated rings. The minimum Gasteiger partial charge on any atom is -0.481 e. The third kappa shape index (κ3) is 4.40. The van der Waals surface area contributed by atoms with Crippen molar-refractivity contribution in [2.45, 2.75) is 32.9 Å². The van der Waals surface area contributed by atoms with E-state index in [2.05, 4.69) is 4.99 Å². The van der Waals surface area contributed by atoms with E-state index in [1.807, 2.05) is 50.2 Å². The zero-order valence-corrected chi connectivity index (χ0v) is 16.6. The maximum atomic E-state index is 13.2. The Balaban J connectivity index is 1.86. The normalized spacial score (nSPS) is 17.5. The number of amides is 1. The van der Waals surface area contributed by atoms with Crippen molar-refractivity contribution < 1.29 is 9.53 Å². The number of hydrogen-bond acceptors (Lipinski definition) is 4. The van der Waals surface area contributed by atoms with Crippen LogP contribution < -0.4 is 9.64 Å². The van der Waals surface area contributed by atoms with E-state index >= 15 is 0 Å². The summed E-state index contributed by atoms with van der Waals surface area (Å²) in [6.45, 7) is 5.79. The molecule has 1 amide bonds. The monoisotopic (exact) mass is 388 g/mol. The summed E-state index contributed by atoms with van der Waals surface area (Å²) in [6, 6.07) is 15.1. The Hall–Kier alpha value is -1.98. The second-order valence-electron chi connectivity index (χ2n) is 6.30. The molecular formula is C20H21ClN2O2S. The molecule has 6 heteroatoms. The Morgan fingerprint density at radius 1 is 1.31 bits per heavy atom. The highest BCUT2D eigenvalue weighted by atomic mass is 35.5. The first kappa shape index (κ1) is 18.8. The fourth-order valence-electron chi connectivity index (χ4n) is 2.63. The van der Waals surface area contributed by atoms with E-state index in [0.717, 1.165) is 17.0 Å². The van der Waals surface area contributed by atoms with Crippen molar-refractivity contribution in [1.82, 2.24) is 0 Å². The molecule has 2 atom stereocenters. The van der Waals surface area contributed by atoms with Crippen molar-refractivity contribution in [2.24, 2.45) is 4.99 Å². The summed E-state index contributed by atoms with van der Waals surface area (Å²) < 4.78 is 5.89. The number of halogens is 1. The Labute approximate surface area is 163 Å². The van der Waals surface area contributed by atoms with Gasteiger partial charge in [0, 0.05) is 10.8 Å². The Bertz CT molecular complexity index is 823. The molecular weight excluding hydrogens is 368 g/mol. The fourth-order valence-corrected chi connectivity index (χ4v) is 3.80. The number of anilines is 1. The molecule has 0 saturated heterocycles. The van der Waals surface area contributed by atoms with Gasteiger partial charge in [-0.2, -0.15) is 0 Å². The lowest BCUT2D eigenvalue weighted by atomic mass is 10.2. The molecule has 3 rings (SSSR count). The minimum atomic E-state index is -0.647. The van der Waals surface area contributed by atoms with Crippen molar-refractivity contribution in [3.8, 4) is 5.75 Å². The second-order valence-corrected chi connectivity index (χ2v) is 7.72. The first-order valence-electron chi connectivity index (χ1n) is 8.47. The summed E-state index contributed by atoms with van der Waals surface area (Å²) >= 11 is 7.58. The number of benzene rings is 2. The van der Waals surface area contributed by atoms with Gasteiger partial charge in [-0.05, 0) is 62.7 Å². The van der Waals surface area contributed by atoms with Crippen LogP contribution in [0.3, 0.4) is 0 Å². The van der Waals surface area contributed by atoms with Crippen molar-refractivity contribution in [3.05, 3.63) is 59.1 Å². The topological polar surface area (TPSA) is 41.9 Å². The lowest BCUT2D eigenvalue weighted by Gasteiger charge is -2.25. The van der Waals surface area contributed by atoms with Crippen LogP contribution in [0, 0.1) is 6.92 Å². The molecule has 2 aromatic rings. The zero-order valence-electron chi connectivity index (χ0n) is 15.0. The summed E-state index contributed by atoms with van der Waals surface area (Å²) in [4.78, 5) is 19.4. The van der Waals surface area contributed by atoms with Gasteiger partial charge in [-0.3, -0.25) is 14.7 Å². The van der Waals surface area contributed by atoms with E-state index in [1.165, 1.54) is 0 Å². The molecule has 1 aliphatic heterocycles. The van der Waals surface area contributed by atoms with Crippen LogP contribution in [0.5, 0.6) is 5.75 Å². The van der Waals surface area contributed by atoms with Crippen molar-refractivity contribution in [2.75, 3.05) is 10.7 Å². The lowest BCUT2D eigenvalue weighted by molar-refractivity contribution is -0.123. The van der Waals surface area contributed by atoms with Crippen molar-refractivity contribution in [3.63, 3.8) is 0 Å². The number of amidine groups is 1. The molecule has 0 saturated carbocycles. The summed E-state index contributed by atoms with van der Waals surface area (Å²) in [5.74, 6) is 1.38. The highest BCUT2D eigenvalue weighted by Crippen LogP contribution is 2.28. The predicted octanol–water partition coefficient (Wildman–Crippen LogP) is 4.94. The molecule has 4 nitrogen and oxygen atoms in total. The number of hydrogen-bond donors (Lipinski definition) is 0. The van der Waals surface area contributed by atoms with Gasteiger partial charge >= 0.3 is 0 Å². The van der Waals surface area contributed by atoms with Crippen LogP contribution in [-0.2, 0) is 4.79 Å². The van der Waals surface area contributed by atoms with E-state index in [1.54, 1.807) is 35.7 Å². The average Bonchev–Trinajstić information content (AvgIpc) is 3.02. The molecule has 26 heavy (non-hydrogen) atoms. The van der Waals surface area contributed by atoms with Crippen LogP contribution in [0.25, 0.3) is 0 Å². The van der Waals surface area contributed by atoms with Crippen LogP contribution in [0.1, 0.15) is 19.4 Å². The molecule has 0 aromatic heterocycles. The van der Waals surface area contributed by atoms with Crippen LogP contribution in [0.2, 0.25) is 5.02 Å². The molecule has 1 heterocycles. The largest absolute Gasteiger partial charge is 0.481 e. The van der Waals surface area contributed by atoms with Gasteiger partial charge in [-0.25, -0.2) is 0 Å². The fraction of sp³-hybridized carbons (Fsp3) is 0.300. The Kier molecular flexibility index (Phi) is 5.89. The van der Waals surface area contributed by atoms with Gasteiger partial charge in [0.15, 0.2) is 11.3 Å². The van der Waals surface area contributed by atoms with Crippen molar-refractivity contribution in [1.29, 1.82) is 0 Å². The second kappa shape index (κ2) is 8.14. The van der Waals surface area contributed by atoms with Crippen LogP contribution in [-0.4, -0.2) is 29.0 Å². The van der Waals surface area contributed by atoms with E-state index in [-0.39, 0.29) is 11.9 Å². The number of nitrogens with zero attached hydrogens (tertiary/aromatic N) is 2. The number of rotatable bonds is 4. The van der Waals surface area contributed by atoms with Crippen LogP contribution >= 0.6 is 23.4 Å². The maximum Gasteiger partial charge on any atom is 0.273 e. The van der Waals surface area contributed by atoms with Crippen molar-refractivity contribution >= 4 is 40.1 Å². The standard InChI is InChI=1S/C20H21ClN2O2S/c1-13-5-4-6-18(11-13)25-15(3)19(24)23(20-22-14(2)12-26-20)17-9-7-16(21)8-10-17/h4-11,14-15H,12H2,1-3H3/t14-,15-/m1/s1. The molecule has 1 aliphatic rings. The first-order valence-corrected chi connectivity index (χ1v) is 9.84. The van der Waals surface area contributed by atoms with Gasteiger partial charge in [0.05, 0.1) is 11.7 Å². The van der Waals surface area contributed by atoms with Gasteiger partial charge in [0.25, 0.3) is 5.91 Å². The number of carbonyl (C=O) groups excluding carboxylic acids is 1. The summed E-state index contributed by atoms with van der Waals surface area (Å²) in [7, 11) is 0. The van der Waals surface area contributed by atoms with E-state index in [9.17, 15) is 4.79 Å². The van der Waals surface area contributed by atoms with E-state index in [4.69, 9.17) is 16.3 Å². The van der Waals surface area contributed by atoms with Gasteiger partial charge < -0.3 is 4.74 Å². The molecule has 0 spiro atoms. The molecule has 0 unspecified atom stereocenters. The van der Waals surface area contributed by atoms with Gasteiger partial charge in [0.1, 0.15) is 5.75 Å². The number of thioether (sulfide) groups is 1. The van der Waals surface area contributed by atoms with Crippen LogP contribution in [0.15, 0.2) is 53.5 Å². The molecule has 136 valence electrons. The van der Waals surface area contributed by atoms with Crippen LogP contribution in [0.4, 0.5) is 5.69 Å². The van der Waals surface area contributed by atoms with E-state index < -0.39 is 6.10 Å². The lowest BCUT2D eigenvalue weighted by Crippen LogP contribution is -2.43. The summed E-state index contributed by atoms with van der Waals surface area (Å²) in [5.41, 5.74) is 1.82. The highest BCUT2D eigenvalue weighted by molar-refractivity contribution is 8.14. The quantitative estimate of drug-likeness (QED) is 0.744. The first-order chi connectivity index (χ1) is 12.4. The minimum absolute atomic E-state index is 0.158. The molecule has 2 aromatic carbocycles. The number of ether oxygens (including phenoxy) is 1. The number of carbonyl (C=O) groups is 1. The number of aryl methyl sites for hydroxylation is 1. The summed E-state index contributed by atoms with van der Waals surface area (Å²) in [5, 5.41) is 1.32. The third-order valence-electron chi connectivity index (χ3n) is 3.93. The molecule has 0 aliphatic carbocycles. The maximum absolute atomic E-state index is 13.2. The number of aliphatic imine (C=N–C) groups is 1.